The molecule has 1 aliphatic heterocycles. The summed E-state index contributed by atoms with van der Waals surface area (Å²) < 4.78 is 27.8. The number of aromatic nitrogens is 1. The summed E-state index contributed by atoms with van der Waals surface area (Å²) >= 11 is 0. The molecule has 0 amide bonds. The predicted octanol–water partition coefficient (Wildman–Crippen LogP) is 2.00. The molecule has 0 radical (unpaired) electrons. The second-order valence-corrected chi connectivity index (χ2v) is 7.54. The van der Waals surface area contributed by atoms with Crippen LogP contribution in [0.5, 0.6) is 0 Å². The summed E-state index contributed by atoms with van der Waals surface area (Å²) in [7, 11) is -3.49. The van der Waals surface area contributed by atoms with Crippen molar-refractivity contribution in [3.8, 4) is 0 Å². The highest BCUT2D eigenvalue weighted by Gasteiger charge is 2.29. The SMILES string of the molecule is CCC1CN(S(=O)(=O)c2cccc3cnccc23)CCCN1. The van der Waals surface area contributed by atoms with E-state index in [1.807, 2.05) is 6.07 Å². The van der Waals surface area contributed by atoms with Crippen molar-refractivity contribution in [1.29, 1.82) is 0 Å². The molecular weight excluding hydrogens is 298 g/mol. The Labute approximate surface area is 131 Å². The van der Waals surface area contributed by atoms with Gasteiger partial charge in [-0.15, -0.1) is 0 Å². The number of sulfonamides is 1. The highest BCUT2D eigenvalue weighted by Crippen LogP contribution is 2.26. The zero-order chi connectivity index (χ0) is 15.6. The van der Waals surface area contributed by atoms with E-state index >= 15 is 0 Å². The standard InChI is InChI=1S/C16H21N3O2S/c1-2-14-12-19(10-4-8-18-14)22(20,21)16-6-3-5-13-11-17-9-7-15(13)16/h3,5-7,9,11,14,18H,2,4,8,10,12H2,1H3. The fourth-order valence-corrected chi connectivity index (χ4v) is 4.65. The third kappa shape index (κ3) is 2.86. The smallest absolute Gasteiger partial charge is 0.243 e. The van der Waals surface area contributed by atoms with E-state index in [2.05, 4.69) is 17.2 Å². The van der Waals surface area contributed by atoms with Gasteiger partial charge in [0.1, 0.15) is 0 Å². The second-order valence-electron chi connectivity index (χ2n) is 5.63. The van der Waals surface area contributed by atoms with Gasteiger partial charge in [-0.1, -0.05) is 19.1 Å². The number of benzene rings is 1. The molecule has 1 aliphatic rings. The quantitative estimate of drug-likeness (QED) is 0.940. The van der Waals surface area contributed by atoms with Crippen molar-refractivity contribution < 1.29 is 8.42 Å². The van der Waals surface area contributed by atoms with Crippen LogP contribution in [0.1, 0.15) is 19.8 Å². The van der Waals surface area contributed by atoms with Crippen molar-refractivity contribution in [2.24, 2.45) is 0 Å². The number of hydrogen-bond acceptors (Lipinski definition) is 4. The van der Waals surface area contributed by atoms with E-state index in [4.69, 9.17) is 0 Å². The van der Waals surface area contributed by atoms with Gasteiger partial charge >= 0.3 is 0 Å². The van der Waals surface area contributed by atoms with Crippen LogP contribution in [0.4, 0.5) is 0 Å². The van der Waals surface area contributed by atoms with Crippen LogP contribution in [0, 0.1) is 0 Å². The topological polar surface area (TPSA) is 62.3 Å². The van der Waals surface area contributed by atoms with E-state index in [0.29, 0.717) is 18.0 Å². The number of pyridine rings is 1. The van der Waals surface area contributed by atoms with E-state index in [-0.39, 0.29) is 6.04 Å². The fraction of sp³-hybridized carbons (Fsp3) is 0.438. The van der Waals surface area contributed by atoms with Gasteiger partial charge in [0.05, 0.1) is 4.90 Å². The molecule has 0 spiro atoms. The second kappa shape index (κ2) is 6.32. The van der Waals surface area contributed by atoms with E-state index in [9.17, 15) is 8.42 Å². The summed E-state index contributed by atoms with van der Waals surface area (Å²) in [6.07, 6.45) is 5.10. The Balaban J connectivity index is 2.04. The van der Waals surface area contributed by atoms with Crippen molar-refractivity contribution >= 4 is 20.8 Å². The Morgan fingerprint density at radius 1 is 1.36 bits per heavy atom. The first-order chi connectivity index (χ1) is 10.6. The van der Waals surface area contributed by atoms with Crippen molar-refractivity contribution in [2.75, 3.05) is 19.6 Å². The van der Waals surface area contributed by atoms with Gasteiger partial charge in [-0.2, -0.15) is 4.31 Å². The van der Waals surface area contributed by atoms with Crippen molar-refractivity contribution in [3.63, 3.8) is 0 Å². The van der Waals surface area contributed by atoms with E-state index < -0.39 is 10.0 Å². The van der Waals surface area contributed by atoms with Gasteiger partial charge in [0, 0.05) is 42.3 Å². The number of hydrogen-bond donors (Lipinski definition) is 1. The molecule has 118 valence electrons. The fourth-order valence-electron chi connectivity index (χ4n) is 2.91. The molecule has 22 heavy (non-hydrogen) atoms. The van der Waals surface area contributed by atoms with Gasteiger partial charge in [0.25, 0.3) is 0 Å². The van der Waals surface area contributed by atoms with Crippen LogP contribution < -0.4 is 5.32 Å². The molecule has 1 saturated heterocycles. The number of nitrogens with zero attached hydrogens (tertiary/aromatic N) is 2. The zero-order valence-corrected chi connectivity index (χ0v) is 13.5. The molecule has 2 aromatic rings. The summed E-state index contributed by atoms with van der Waals surface area (Å²) in [6, 6.07) is 7.35. The highest BCUT2D eigenvalue weighted by atomic mass is 32.2. The lowest BCUT2D eigenvalue weighted by Crippen LogP contribution is -2.40. The molecule has 6 heteroatoms. The summed E-state index contributed by atoms with van der Waals surface area (Å²) in [5.74, 6) is 0. The summed E-state index contributed by atoms with van der Waals surface area (Å²) in [5.41, 5.74) is 0. The van der Waals surface area contributed by atoms with Gasteiger partial charge in [0.2, 0.25) is 10.0 Å². The Morgan fingerprint density at radius 3 is 3.05 bits per heavy atom. The van der Waals surface area contributed by atoms with Gasteiger partial charge in [-0.05, 0) is 31.5 Å². The molecule has 0 bridgehead atoms. The molecule has 1 aromatic heterocycles. The highest BCUT2D eigenvalue weighted by molar-refractivity contribution is 7.89. The van der Waals surface area contributed by atoms with Crippen LogP contribution in [-0.4, -0.2) is 43.4 Å². The summed E-state index contributed by atoms with van der Waals surface area (Å²) in [6.45, 7) is 4.04. The van der Waals surface area contributed by atoms with Gasteiger partial charge in [0.15, 0.2) is 0 Å². The molecule has 1 N–H and O–H groups in total. The molecular formula is C16H21N3O2S. The van der Waals surface area contributed by atoms with E-state index in [0.717, 1.165) is 30.2 Å². The Bertz CT molecular complexity index is 756. The molecule has 1 fully saturated rings. The lowest BCUT2D eigenvalue weighted by Gasteiger charge is -2.24. The maximum Gasteiger partial charge on any atom is 0.243 e. The zero-order valence-electron chi connectivity index (χ0n) is 12.7. The lowest BCUT2D eigenvalue weighted by atomic mass is 10.2. The van der Waals surface area contributed by atoms with Crippen LogP contribution in [0.2, 0.25) is 0 Å². The summed E-state index contributed by atoms with van der Waals surface area (Å²) in [4.78, 5) is 4.45. The normalized spacial score (nSPS) is 20.9. The molecule has 0 aliphatic carbocycles. The number of rotatable bonds is 3. The molecule has 1 unspecified atom stereocenters. The van der Waals surface area contributed by atoms with Crippen LogP contribution in [-0.2, 0) is 10.0 Å². The average Bonchev–Trinajstić information content (AvgIpc) is 2.80. The average molecular weight is 319 g/mol. The van der Waals surface area contributed by atoms with Crippen molar-refractivity contribution in [2.45, 2.75) is 30.7 Å². The predicted molar refractivity (Wildman–Crippen MR) is 87.2 cm³/mol. The molecule has 3 rings (SSSR count). The monoisotopic (exact) mass is 319 g/mol. The van der Waals surface area contributed by atoms with Gasteiger partial charge in [-0.25, -0.2) is 8.42 Å². The maximum absolute atomic E-state index is 13.1. The Kier molecular flexibility index (Phi) is 4.42. The van der Waals surface area contributed by atoms with Crippen LogP contribution in [0.15, 0.2) is 41.6 Å². The minimum Gasteiger partial charge on any atom is -0.313 e. The molecule has 5 nitrogen and oxygen atoms in total. The van der Waals surface area contributed by atoms with Crippen molar-refractivity contribution in [1.82, 2.24) is 14.6 Å². The van der Waals surface area contributed by atoms with Gasteiger partial charge in [-0.3, -0.25) is 4.98 Å². The largest absolute Gasteiger partial charge is 0.313 e. The summed E-state index contributed by atoms with van der Waals surface area (Å²) in [5, 5.41) is 5.00. The molecule has 2 heterocycles. The van der Waals surface area contributed by atoms with Crippen molar-refractivity contribution in [3.05, 3.63) is 36.7 Å². The number of fused-ring (bicyclic) bond motifs is 1. The van der Waals surface area contributed by atoms with E-state index in [1.165, 1.54) is 0 Å². The third-order valence-corrected chi connectivity index (χ3v) is 6.12. The first-order valence-corrected chi connectivity index (χ1v) is 9.13. The molecule has 1 atom stereocenters. The lowest BCUT2D eigenvalue weighted by molar-refractivity contribution is 0.388. The van der Waals surface area contributed by atoms with E-state index in [1.54, 1.807) is 34.9 Å². The Hall–Kier alpha value is -1.50. The first-order valence-electron chi connectivity index (χ1n) is 7.69. The Morgan fingerprint density at radius 2 is 2.23 bits per heavy atom. The van der Waals surface area contributed by atoms with Gasteiger partial charge < -0.3 is 5.32 Å². The first kappa shape index (κ1) is 15.4. The minimum atomic E-state index is -3.49. The van der Waals surface area contributed by atoms with Crippen LogP contribution >= 0.6 is 0 Å². The molecule has 0 saturated carbocycles. The maximum atomic E-state index is 13.1. The third-order valence-electron chi connectivity index (χ3n) is 4.19. The van der Waals surface area contributed by atoms with Crippen LogP contribution in [0.3, 0.4) is 0 Å². The molecule has 1 aromatic carbocycles. The van der Waals surface area contributed by atoms with Crippen LogP contribution in [0.25, 0.3) is 10.8 Å². The minimum absolute atomic E-state index is 0.217. The number of nitrogens with one attached hydrogen (secondary N) is 1.